The highest BCUT2D eigenvalue weighted by atomic mass is 16.1. The SMILES string of the molecule is CC(=O)c1ccn(CCN2CCN(C)CC2)c1. The van der Waals surface area contributed by atoms with Crippen LogP contribution < -0.4 is 0 Å². The lowest BCUT2D eigenvalue weighted by atomic mass is 10.2. The highest BCUT2D eigenvalue weighted by Crippen LogP contribution is 2.04. The minimum Gasteiger partial charge on any atom is -0.352 e. The summed E-state index contributed by atoms with van der Waals surface area (Å²) in [6, 6.07) is 1.90. The van der Waals surface area contributed by atoms with E-state index in [4.69, 9.17) is 0 Å². The van der Waals surface area contributed by atoms with Crippen molar-refractivity contribution in [2.45, 2.75) is 13.5 Å². The standard InChI is InChI=1S/C13H21N3O/c1-12(17)13-3-4-16(11-13)10-9-15-7-5-14(2)6-8-15/h3-4,11H,5-10H2,1-2H3. The third-order valence-electron chi connectivity index (χ3n) is 3.43. The van der Waals surface area contributed by atoms with Gasteiger partial charge in [0.25, 0.3) is 0 Å². The van der Waals surface area contributed by atoms with Crippen LogP contribution in [0.25, 0.3) is 0 Å². The summed E-state index contributed by atoms with van der Waals surface area (Å²) in [4.78, 5) is 16.0. The first kappa shape index (κ1) is 12.3. The maximum absolute atomic E-state index is 11.2. The fourth-order valence-electron chi connectivity index (χ4n) is 2.12. The zero-order valence-corrected chi connectivity index (χ0v) is 10.7. The molecule has 0 N–H and O–H groups in total. The summed E-state index contributed by atoms with van der Waals surface area (Å²) in [5, 5.41) is 0. The van der Waals surface area contributed by atoms with Crippen LogP contribution in [0.5, 0.6) is 0 Å². The van der Waals surface area contributed by atoms with Crippen LogP contribution in [0.1, 0.15) is 17.3 Å². The van der Waals surface area contributed by atoms with Gasteiger partial charge in [-0.3, -0.25) is 9.69 Å². The molecule has 0 aromatic carbocycles. The van der Waals surface area contributed by atoms with Gasteiger partial charge in [-0.15, -0.1) is 0 Å². The molecular weight excluding hydrogens is 214 g/mol. The van der Waals surface area contributed by atoms with Gasteiger partial charge in [-0.1, -0.05) is 0 Å². The molecule has 0 aliphatic carbocycles. The number of carbonyl (C=O) groups is 1. The molecule has 1 saturated heterocycles. The number of hydrogen-bond donors (Lipinski definition) is 0. The van der Waals surface area contributed by atoms with Crippen LogP contribution in [0.15, 0.2) is 18.5 Å². The van der Waals surface area contributed by atoms with Gasteiger partial charge < -0.3 is 9.47 Å². The fraction of sp³-hybridized carbons (Fsp3) is 0.615. The van der Waals surface area contributed by atoms with Crippen molar-refractivity contribution in [3.8, 4) is 0 Å². The molecule has 2 heterocycles. The molecule has 1 fully saturated rings. The molecule has 1 aliphatic heterocycles. The van der Waals surface area contributed by atoms with Crippen LogP contribution in [-0.4, -0.2) is 59.9 Å². The molecular formula is C13H21N3O. The van der Waals surface area contributed by atoms with Crippen molar-refractivity contribution < 1.29 is 4.79 Å². The van der Waals surface area contributed by atoms with Gasteiger partial charge in [-0.05, 0) is 20.0 Å². The molecule has 0 saturated carbocycles. The molecule has 1 aromatic heterocycles. The molecule has 0 atom stereocenters. The maximum atomic E-state index is 11.2. The molecule has 4 heteroatoms. The van der Waals surface area contributed by atoms with E-state index in [0.717, 1.165) is 44.8 Å². The number of likely N-dealkylation sites (N-methyl/N-ethyl adjacent to an activating group) is 1. The average molecular weight is 235 g/mol. The molecule has 0 spiro atoms. The van der Waals surface area contributed by atoms with Crippen molar-refractivity contribution >= 4 is 5.78 Å². The molecule has 4 nitrogen and oxygen atoms in total. The Balaban J connectivity index is 1.79. The van der Waals surface area contributed by atoms with Gasteiger partial charge in [-0.25, -0.2) is 0 Å². The van der Waals surface area contributed by atoms with Crippen molar-refractivity contribution in [2.24, 2.45) is 0 Å². The minimum absolute atomic E-state index is 0.142. The van der Waals surface area contributed by atoms with E-state index < -0.39 is 0 Å². The topological polar surface area (TPSA) is 28.5 Å². The second kappa shape index (κ2) is 5.47. The van der Waals surface area contributed by atoms with Crippen molar-refractivity contribution in [3.05, 3.63) is 24.0 Å². The average Bonchev–Trinajstić information content (AvgIpc) is 2.77. The van der Waals surface area contributed by atoms with Gasteiger partial charge in [0.2, 0.25) is 0 Å². The fourth-order valence-corrected chi connectivity index (χ4v) is 2.12. The summed E-state index contributed by atoms with van der Waals surface area (Å²) in [7, 11) is 2.17. The quantitative estimate of drug-likeness (QED) is 0.727. The first-order chi connectivity index (χ1) is 8.15. The van der Waals surface area contributed by atoms with E-state index >= 15 is 0 Å². The summed E-state index contributed by atoms with van der Waals surface area (Å²) < 4.78 is 2.11. The van der Waals surface area contributed by atoms with Crippen molar-refractivity contribution in [1.82, 2.24) is 14.4 Å². The number of nitrogens with zero attached hydrogens (tertiary/aromatic N) is 3. The summed E-state index contributed by atoms with van der Waals surface area (Å²) in [6.07, 6.45) is 3.94. The van der Waals surface area contributed by atoms with E-state index in [1.165, 1.54) is 0 Å². The van der Waals surface area contributed by atoms with Gasteiger partial charge in [0, 0.05) is 57.2 Å². The molecule has 0 amide bonds. The van der Waals surface area contributed by atoms with Crippen LogP contribution in [-0.2, 0) is 6.54 Å². The molecule has 0 bridgehead atoms. The number of carbonyl (C=O) groups excluding carboxylic acids is 1. The normalized spacial score (nSPS) is 18.5. The number of ketones is 1. The summed E-state index contributed by atoms with van der Waals surface area (Å²) >= 11 is 0. The molecule has 2 rings (SSSR count). The number of rotatable bonds is 4. The molecule has 1 aliphatic rings. The van der Waals surface area contributed by atoms with E-state index in [2.05, 4.69) is 21.4 Å². The van der Waals surface area contributed by atoms with Gasteiger partial charge >= 0.3 is 0 Å². The van der Waals surface area contributed by atoms with Crippen LogP contribution >= 0.6 is 0 Å². The zero-order valence-electron chi connectivity index (χ0n) is 10.7. The maximum Gasteiger partial charge on any atom is 0.161 e. The minimum atomic E-state index is 0.142. The first-order valence-electron chi connectivity index (χ1n) is 6.23. The monoisotopic (exact) mass is 235 g/mol. The highest BCUT2D eigenvalue weighted by molar-refractivity contribution is 5.93. The van der Waals surface area contributed by atoms with E-state index in [9.17, 15) is 4.79 Å². The first-order valence-corrected chi connectivity index (χ1v) is 6.23. The predicted molar refractivity (Wildman–Crippen MR) is 68.4 cm³/mol. The third-order valence-corrected chi connectivity index (χ3v) is 3.43. The smallest absolute Gasteiger partial charge is 0.161 e. The number of piperazine rings is 1. The van der Waals surface area contributed by atoms with Gasteiger partial charge in [-0.2, -0.15) is 0 Å². The van der Waals surface area contributed by atoms with E-state index in [1.54, 1.807) is 6.92 Å². The Bertz CT molecular complexity index is 378. The molecule has 1 aromatic rings. The number of Topliss-reactive ketones (excluding diaryl/α,β-unsaturated/α-hetero) is 1. The van der Waals surface area contributed by atoms with Gasteiger partial charge in [0.15, 0.2) is 5.78 Å². The van der Waals surface area contributed by atoms with E-state index in [0.29, 0.717) is 0 Å². The molecule has 17 heavy (non-hydrogen) atoms. The van der Waals surface area contributed by atoms with Crippen molar-refractivity contribution in [1.29, 1.82) is 0 Å². The lowest BCUT2D eigenvalue weighted by molar-refractivity contribution is 0.101. The largest absolute Gasteiger partial charge is 0.352 e. The Morgan fingerprint density at radius 2 is 1.94 bits per heavy atom. The predicted octanol–water partition coefficient (Wildman–Crippen LogP) is 0.938. The van der Waals surface area contributed by atoms with Crippen LogP contribution in [0.2, 0.25) is 0 Å². The lowest BCUT2D eigenvalue weighted by Gasteiger charge is -2.32. The van der Waals surface area contributed by atoms with Crippen LogP contribution in [0, 0.1) is 0 Å². The van der Waals surface area contributed by atoms with E-state index in [1.807, 2.05) is 18.5 Å². The highest BCUT2D eigenvalue weighted by Gasteiger charge is 2.13. The van der Waals surface area contributed by atoms with Gasteiger partial charge in [0.05, 0.1) is 0 Å². The van der Waals surface area contributed by atoms with Crippen LogP contribution in [0.3, 0.4) is 0 Å². The Morgan fingerprint density at radius 3 is 2.53 bits per heavy atom. The summed E-state index contributed by atoms with van der Waals surface area (Å²) in [5.74, 6) is 0.142. The van der Waals surface area contributed by atoms with Crippen LogP contribution in [0.4, 0.5) is 0 Å². The molecule has 94 valence electrons. The molecule has 0 unspecified atom stereocenters. The second-order valence-corrected chi connectivity index (χ2v) is 4.84. The zero-order chi connectivity index (χ0) is 12.3. The Hall–Kier alpha value is -1.13. The Kier molecular flexibility index (Phi) is 3.97. The second-order valence-electron chi connectivity index (χ2n) is 4.84. The third kappa shape index (κ3) is 3.41. The summed E-state index contributed by atoms with van der Waals surface area (Å²) in [5.41, 5.74) is 0.809. The lowest BCUT2D eigenvalue weighted by Crippen LogP contribution is -2.45. The van der Waals surface area contributed by atoms with Crippen molar-refractivity contribution in [3.63, 3.8) is 0 Å². The molecule has 0 radical (unpaired) electrons. The summed E-state index contributed by atoms with van der Waals surface area (Å²) in [6.45, 7) is 8.26. The van der Waals surface area contributed by atoms with Gasteiger partial charge in [0.1, 0.15) is 0 Å². The Labute approximate surface area is 103 Å². The van der Waals surface area contributed by atoms with Crippen molar-refractivity contribution in [2.75, 3.05) is 39.8 Å². The number of hydrogen-bond acceptors (Lipinski definition) is 3. The number of aromatic nitrogens is 1. The Morgan fingerprint density at radius 1 is 1.24 bits per heavy atom. The van der Waals surface area contributed by atoms with E-state index in [-0.39, 0.29) is 5.78 Å².